The van der Waals surface area contributed by atoms with Crippen LogP contribution in [0.1, 0.15) is 11.3 Å². The largest absolute Gasteiger partial charge is 0.353 e. The smallest absolute Gasteiger partial charge is 0.129 e. The van der Waals surface area contributed by atoms with E-state index >= 15 is 0 Å². The first-order chi connectivity index (χ1) is 10.4. The van der Waals surface area contributed by atoms with Gasteiger partial charge in [0.25, 0.3) is 0 Å². The lowest BCUT2D eigenvalue weighted by Gasteiger charge is -2.27. The van der Waals surface area contributed by atoms with Gasteiger partial charge >= 0.3 is 0 Å². The minimum Gasteiger partial charge on any atom is -0.353 e. The van der Waals surface area contributed by atoms with Crippen LogP contribution < -0.4 is 4.90 Å². The van der Waals surface area contributed by atoms with E-state index in [-0.39, 0.29) is 0 Å². The normalized spacial score (nSPS) is 15.2. The van der Waals surface area contributed by atoms with Crippen LogP contribution >= 0.6 is 11.3 Å². The molecule has 0 bridgehead atoms. The molecule has 0 N–H and O–H groups in total. The van der Waals surface area contributed by atoms with Crippen LogP contribution in [0.4, 0.5) is 5.82 Å². The molecule has 0 aliphatic carbocycles. The number of fused-ring (bicyclic) bond motifs is 1. The van der Waals surface area contributed by atoms with Gasteiger partial charge in [-0.25, -0.2) is 4.98 Å². The van der Waals surface area contributed by atoms with Crippen molar-refractivity contribution in [3.8, 4) is 0 Å². The minimum absolute atomic E-state index is 0.943. The van der Waals surface area contributed by atoms with Gasteiger partial charge in [-0.2, -0.15) is 0 Å². The van der Waals surface area contributed by atoms with E-state index in [0.29, 0.717) is 0 Å². The topological polar surface area (TPSA) is 16.1 Å². The van der Waals surface area contributed by atoms with E-state index < -0.39 is 0 Å². The zero-order chi connectivity index (χ0) is 14.1. The summed E-state index contributed by atoms with van der Waals surface area (Å²) in [6.45, 7) is 1.98. The van der Waals surface area contributed by atoms with E-state index in [1.54, 1.807) is 0 Å². The number of nitrogens with zero attached hydrogens (tertiary/aromatic N) is 2. The number of thiophene rings is 1. The van der Waals surface area contributed by atoms with Crippen LogP contribution in [0.15, 0.2) is 60.0 Å². The van der Waals surface area contributed by atoms with Crippen molar-refractivity contribution in [2.45, 2.75) is 6.42 Å². The Kier molecular flexibility index (Phi) is 3.20. The first-order valence-corrected chi connectivity index (χ1v) is 8.12. The van der Waals surface area contributed by atoms with Gasteiger partial charge in [-0.1, -0.05) is 30.3 Å². The Balaban J connectivity index is 1.59. The highest BCUT2D eigenvalue weighted by molar-refractivity contribution is 7.11. The lowest BCUT2D eigenvalue weighted by atomic mass is 10.1. The van der Waals surface area contributed by atoms with E-state index in [0.717, 1.165) is 30.8 Å². The average Bonchev–Trinajstić information content (AvgIpc) is 3.09. The molecule has 104 valence electrons. The minimum atomic E-state index is 0.943. The molecule has 0 spiro atoms. The number of pyridine rings is 1. The van der Waals surface area contributed by atoms with Crippen LogP contribution in [0.3, 0.4) is 0 Å². The Morgan fingerprint density at radius 2 is 1.95 bits per heavy atom. The number of para-hydroxylation sites is 1. The molecule has 3 heterocycles. The summed E-state index contributed by atoms with van der Waals surface area (Å²) in [4.78, 5) is 8.54. The molecule has 0 fully saturated rings. The summed E-state index contributed by atoms with van der Waals surface area (Å²) >= 11 is 1.83. The molecule has 3 heteroatoms. The predicted octanol–water partition coefficient (Wildman–Crippen LogP) is 4.59. The first-order valence-electron chi connectivity index (χ1n) is 7.24. The molecule has 0 saturated carbocycles. The lowest BCUT2D eigenvalue weighted by Crippen LogP contribution is -2.28. The molecule has 0 unspecified atom stereocenters. The van der Waals surface area contributed by atoms with Gasteiger partial charge in [0.2, 0.25) is 0 Å². The maximum Gasteiger partial charge on any atom is 0.129 e. The third kappa shape index (κ3) is 2.45. The Morgan fingerprint density at radius 1 is 1.00 bits per heavy atom. The molecular weight excluding hydrogens is 276 g/mol. The maximum absolute atomic E-state index is 4.79. The number of hydrogen-bond donors (Lipinski definition) is 0. The molecule has 3 aromatic rings. The van der Waals surface area contributed by atoms with Gasteiger partial charge in [-0.3, -0.25) is 0 Å². The van der Waals surface area contributed by atoms with Crippen molar-refractivity contribution in [2.75, 3.05) is 18.0 Å². The van der Waals surface area contributed by atoms with Crippen molar-refractivity contribution in [3.63, 3.8) is 0 Å². The molecule has 0 saturated heterocycles. The SMILES string of the molecule is C1=C(c2cccs2)CCN(c2ccc3ccccc3n2)C1. The molecule has 4 rings (SSSR count). The fraction of sp³-hybridized carbons (Fsp3) is 0.167. The highest BCUT2D eigenvalue weighted by Gasteiger charge is 2.15. The highest BCUT2D eigenvalue weighted by Crippen LogP contribution is 2.28. The molecule has 1 aromatic carbocycles. The molecule has 21 heavy (non-hydrogen) atoms. The van der Waals surface area contributed by atoms with Crippen LogP contribution in [0.5, 0.6) is 0 Å². The highest BCUT2D eigenvalue weighted by atomic mass is 32.1. The van der Waals surface area contributed by atoms with E-state index in [9.17, 15) is 0 Å². The molecule has 2 aromatic heterocycles. The molecule has 1 aliphatic heterocycles. The molecule has 0 atom stereocenters. The van der Waals surface area contributed by atoms with Crippen molar-refractivity contribution in [1.82, 2.24) is 4.98 Å². The summed E-state index contributed by atoms with van der Waals surface area (Å²) in [6, 6.07) is 16.9. The molecular formula is C18H16N2S. The third-order valence-electron chi connectivity index (χ3n) is 3.95. The maximum atomic E-state index is 4.79. The van der Waals surface area contributed by atoms with Gasteiger partial charge in [-0.15, -0.1) is 11.3 Å². The number of aromatic nitrogens is 1. The summed E-state index contributed by atoms with van der Waals surface area (Å²) in [5.74, 6) is 1.08. The van der Waals surface area contributed by atoms with Gasteiger partial charge in [0.05, 0.1) is 5.52 Å². The van der Waals surface area contributed by atoms with Gasteiger partial charge in [0, 0.05) is 23.4 Å². The van der Waals surface area contributed by atoms with Crippen molar-refractivity contribution in [2.24, 2.45) is 0 Å². The van der Waals surface area contributed by atoms with Crippen LogP contribution in [0, 0.1) is 0 Å². The number of benzene rings is 1. The Morgan fingerprint density at radius 3 is 2.76 bits per heavy atom. The predicted molar refractivity (Wildman–Crippen MR) is 90.9 cm³/mol. The average molecular weight is 292 g/mol. The number of hydrogen-bond acceptors (Lipinski definition) is 3. The summed E-state index contributed by atoms with van der Waals surface area (Å²) < 4.78 is 0. The van der Waals surface area contributed by atoms with E-state index in [1.165, 1.54) is 15.8 Å². The summed E-state index contributed by atoms with van der Waals surface area (Å²) in [6.07, 6.45) is 3.43. The van der Waals surface area contributed by atoms with Crippen molar-refractivity contribution < 1.29 is 0 Å². The summed E-state index contributed by atoms with van der Waals surface area (Å²) in [7, 11) is 0. The van der Waals surface area contributed by atoms with Gasteiger partial charge in [-0.05, 0) is 41.6 Å². The lowest BCUT2D eigenvalue weighted by molar-refractivity contribution is 0.820. The molecule has 0 radical (unpaired) electrons. The second-order valence-electron chi connectivity index (χ2n) is 5.26. The number of anilines is 1. The van der Waals surface area contributed by atoms with Crippen molar-refractivity contribution >= 4 is 33.6 Å². The fourth-order valence-corrected chi connectivity index (χ4v) is 3.59. The van der Waals surface area contributed by atoms with Crippen LogP contribution in [-0.4, -0.2) is 18.1 Å². The molecule has 2 nitrogen and oxygen atoms in total. The van der Waals surface area contributed by atoms with Crippen molar-refractivity contribution in [3.05, 3.63) is 64.9 Å². The second-order valence-corrected chi connectivity index (χ2v) is 6.21. The van der Waals surface area contributed by atoms with E-state index in [2.05, 4.69) is 58.8 Å². The summed E-state index contributed by atoms with van der Waals surface area (Å²) in [5.41, 5.74) is 2.55. The van der Waals surface area contributed by atoms with Gasteiger partial charge in [0.1, 0.15) is 5.82 Å². The Labute approximate surface area is 128 Å². The Hall–Kier alpha value is -2.13. The first kappa shape index (κ1) is 12.6. The van der Waals surface area contributed by atoms with Crippen LogP contribution in [-0.2, 0) is 0 Å². The second kappa shape index (κ2) is 5.34. The van der Waals surface area contributed by atoms with Gasteiger partial charge in [0.15, 0.2) is 0 Å². The standard InChI is InChI=1S/C18H16N2S/c1-2-5-16-14(4-1)7-8-18(19-16)20-11-9-15(10-12-20)17-6-3-13-21-17/h1-9,13H,10-12H2. The molecule has 1 aliphatic rings. The zero-order valence-electron chi connectivity index (χ0n) is 11.7. The molecule has 0 amide bonds. The van der Waals surface area contributed by atoms with Gasteiger partial charge < -0.3 is 4.90 Å². The zero-order valence-corrected chi connectivity index (χ0v) is 12.5. The quantitative estimate of drug-likeness (QED) is 0.686. The number of rotatable bonds is 2. The van der Waals surface area contributed by atoms with E-state index in [1.807, 2.05) is 17.4 Å². The monoisotopic (exact) mass is 292 g/mol. The van der Waals surface area contributed by atoms with E-state index in [4.69, 9.17) is 4.98 Å². The van der Waals surface area contributed by atoms with Crippen LogP contribution in [0.25, 0.3) is 16.5 Å². The van der Waals surface area contributed by atoms with Crippen LogP contribution in [0.2, 0.25) is 0 Å². The third-order valence-corrected chi connectivity index (χ3v) is 4.90. The fourth-order valence-electron chi connectivity index (χ4n) is 2.79. The van der Waals surface area contributed by atoms with Crippen molar-refractivity contribution in [1.29, 1.82) is 0 Å². The Bertz CT molecular complexity index is 790. The summed E-state index contributed by atoms with van der Waals surface area (Å²) in [5, 5.41) is 3.35.